The summed E-state index contributed by atoms with van der Waals surface area (Å²) in [5.74, 6) is 0.518. The molecule has 26 heavy (non-hydrogen) atoms. The molecule has 2 aromatic rings. The van der Waals surface area contributed by atoms with E-state index >= 15 is 0 Å². The quantitative estimate of drug-likeness (QED) is 0.622. The van der Waals surface area contributed by atoms with Gasteiger partial charge < -0.3 is 0 Å². The van der Waals surface area contributed by atoms with E-state index in [-0.39, 0.29) is 4.90 Å². The number of benzene rings is 1. The highest BCUT2D eigenvalue weighted by molar-refractivity contribution is 7.89. The van der Waals surface area contributed by atoms with Gasteiger partial charge in [0.2, 0.25) is 10.0 Å². The number of hydrogen-bond acceptors (Lipinski definition) is 5. The van der Waals surface area contributed by atoms with Crippen LogP contribution < -0.4 is 5.43 Å². The molecule has 1 aliphatic rings. The standard InChI is InChI=1S/C19H24N4O2S/c1-2-18(16-9-5-3-6-10-16)21-22-19-12-11-17(15-20-19)26(24,25)23-13-7-4-8-14-23/h3,5-6,9-12,15H,2,4,7-8,13-14H2,1H3,(H,20,22)/b21-18+. The maximum Gasteiger partial charge on any atom is 0.244 e. The summed E-state index contributed by atoms with van der Waals surface area (Å²) in [7, 11) is -3.45. The predicted molar refractivity (Wildman–Crippen MR) is 104 cm³/mol. The molecule has 0 radical (unpaired) electrons. The molecule has 1 saturated heterocycles. The number of anilines is 1. The summed E-state index contributed by atoms with van der Waals surface area (Å²) >= 11 is 0. The summed E-state index contributed by atoms with van der Waals surface area (Å²) in [4.78, 5) is 4.45. The fraction of sp³-hybridized carbons (Fsp3) is 0.368. The maximum absolute atomic E-state index is 12.6. The molecule has 0 saturated carbocycles. The van der Waals surface area contributed by atoms with E-state index in [4.69, 9.17) is 0 Å². The summed E-state index contributed by atoms with van der Waals surface area (Å²) < 4.78 is 26.8. The highest BCUT2D eigenvalue weighted by Gasteiger charge is 2.26. The molecule has 1 aromatic heterocycles. The Bertz CT molecular complexity index is 843. The van der Waals surface area contributed by atoms with Gasteiger partial charge in [-0.05, 0) is 37.0 Å². The van der Waals surface area contributed by atoms with Gasteiger partial charge in [-0.15, -0.1) is 0 Å². The molecule has 1 N–H and O–H groups in total. The average Bonchev–Trinajstić information content (AvgIpc) is 2.70. The summed E-state index contributed by atoms with van der Waals surface area (Å²) in [5.41, 5.74) is 4.88. The van der Waals surface area contributed by atoms with Crippen LogP contribution in [-0.2, 0) is 10.0 Å². The molecule has 0 unspecified atom stereocenters. The fourth-order valence-electron chi connectivity index (χ4n) is 2.96. The molecule has 1 aromatic carbocycles. The number of piperidine rings is 1. The molecule has 138 valence electrons. The molecule has 1 fully saturated rings. The van der Waals surface area contributed by atoms with Crippen molar-refractivity contribution >= 4 is 21.6 Å². The minimum atomic E-state index is -3.45. The van der Waals surface area contributed by atoms with Gasteiger partial charge >= 0.3 is 0 Å². The van der Waals surface area contributed by atoms with Crippen molar-refractivity contribution in [1.82, 2.24) is 9.29 Å². The lowest BCUT2D eigenvalue weighted by Crippen LogP contribution is -2.35. The third-order valence-corrected chi connectivity index (χ3v) is 6.32. The van der Waals surface area contributed by atoms with Crippen molar-refractivity contribution in [3.05, 3.63) is 54.2 Å². The normalized spacial score (nSPS) is 16.4. The Hall–Kier alpha value is -2.25. The lowest BCUT2D eigenvalue weighted by Gasteiger charge is -2.25. The summed E-state index contributed by atoms with van der Waals surface area (Å²) in [6.07, 6.45) is 5.10. The lowest BCUT2D eigenvalue weighted by molar-refractivity contribution is 0.346. The Kier molecular flexibility index (Phi) is 6.00. The van der Waals surface area contributed by atoms with E-state index in [0.29, 0.717) is 18.9 Å². The first-order valence-corrected chi connectivity index (χ1v) is 10.4. The van der Waals surface area contributed by atoms with Gasteiger partial charge in [0, 0.05) is 19.3 Å². The summed E-state index contributed by atoms with van der Waals surface area (Å²) in [5, 5.41) is 4.41. The van der Waals surface area contributed by atoms with Gasteiger partial charge in [-0.25, -0.2) is 13.4 Å². The number of sulfonamides is 1. The zero-order chi connectivity index (χ0) is 18.4. The van der Waals surface area contributed by atoms with Gasteiger partial charge in [-0.2, -0.15) is 9.41 Å². The highest BCUT2D eigenvalue weighted by Crippen LogP contribution is 2.20. The van der Waals surface area contributed by atoms with Gasteiger partial charge in [-0.1, -0.05) is 43.7 Å². The molecule has 0 amide bonds. The first-order chi connectivity index (χ1) is 12.6. The zero-order valence-corrected chi connectivity index (χ0v) is 15.7. The Balaban J connectivity index is 1.72. The van der Waals surface area contributed by atoms with Crippen LogP contribution in [0, 0.1) is 0 Å². The number of pyridine rings is 1. The molecular formula is C19H24N4O2S. The van der Waals surface area contributed by atoms with Crippen molar-refractivity contribution in [2.75, 3.05) is 18.5 Å². The molecule has 0 spiro atoms. The summed E-state index contributed by atoms with van der Waals surface area (Å²) in [6.45, 7) is 3.21. The van der Waals surface area contributed by atoms with Crippen molar-refractivity contribution in [2.24, 2.45) is 5.10 Å². The number of nitrogens with one attached hydrogen (secondary N) is 1. The van der Waals surface area contributed by atoms with Crippen LogP contribution in [-0.4, -0.2) is 36.5 Å². The molecule has 2 heterocycles. The molecule has 1 aliphatic heterocycles. The smallest absolute Gasteiger partial charge is 0.244 e. The summed E-state index contributed by atoms with van der Waals surface area (Å²) in [6, 6.07) is 13.2. The van der Waals surface area contributed by atoms with Crippen molar-refractivity contribution in [1.29, 1.82) is 0 Å². The third kappa shape index (κ3) is 4.28. The van der Waals surface area contributed by atoms with Crippen LogP contribution in [0.25, 0.3) is 0 Å². The van der Waals surface area contributed by atoms with Gasteiger partial charge in [0.05, 0.1) is 5.71 Å². The van der Waals surface area contributed by atoms with E-state index in [1.807, 2.05) is 37.3 Å². The molecule has 6 nitrogen and oxygen atoms in total. The first kappa shape index (κ1) is 18.5. The minimum Gasteiger partial charge on any atom is -0.261 e. The SMILES string of the molecule is CC/C(=N\Nc1ccc(S(=O)(=O)N2CCCCC2)cn1)c1ccccc1. The number of hydrogen-bond donors (Lipinski definition) is 1. The van der Waals surface area contributed by atoms with Crippen LogP contribution in [0.2, 0.25) is 0 Å². The minimum absolute atomic E-state index is 0.229. The van der Waals surface area contributed by atoms with Gasteiger partial charge in [0.15, 0.2) is 0 Å². The Morgan fingerprint density at radius 3 is 2.46 bits per heavy atom. The molecule has 0 bridgehead atoms. The lowest BCUT2D eigenvalue weighted by atomic mass is 10.1. The van der Waals surface area contributed by atoms with Crippen LogP contribution in [0.15, 0.2) is 58.7 Å². The Morgan fingerprint density at radius 1 is 1.12 bits per heavy atom. The number of nitrogens with zero attached hydrogens (tertiary/aromatic N) is 3. The van der Waals surface area contributed by atoms with Crippen molar-refractivity contribution in [3.8, 4) is 0 Å². The second kappa shape index (κ2) is 8.42. The third-order valence-electron chi connectivity index (χ3n) is 4.44. The first-order valence-electron chi connectivity index (χ1n) is 8.95. The van der Waals surface area contributed by atoms with Gasteiger partial charge in [0.1, 0.15) is 10.7 Å². The average molecular weight is 372 g/mol. The van der Waals surface area contributed by atoms with Gasteiger partial charge in [0.25, 0.3) is 0 Å². The topological polar surface area (TPSA) is 74.7 Å². The van der Waals surface area contributed by atoms with Crippen LogP contribution >= 0.6 is 0 Å². The monoisotopic (exact) mass is 372 g/mol. The van der Waals surface area contributed by atoms with Gasteiger partial charge in [-0.3, -0.25) is 5.43 Å². The zero-order valence-electron chi connectivity index (χ0n) is 14.9. The van der Waals surface area contributed by atoms with E-state index < -0.39 is 10.0 Å². The molecular weight excluding hydrogens is 348 g/mol. The van der Waals surface area contributed by atoms with E-state index in [2.05, 4.69) is 15.5 Å². The maximum atomic E-state index is 12.6. The Labute approximate surface area is 155 Å². The number of aromatic nitrogens is 1. The van der Waals surface area contributed by atoms with E-state index in [9.17, 15) is 8.42 Å². The van der Waals surface area contributed by atoms with Crippen molar-refractivity contribution < 1.29 is 8.42 Å². The van der Waals surface area contributed by atoms with Crippen molar-refractivity contribution in [3.63, 3.8) is 0 Å². The van der Waals surface area contributed by atoms with Crippen LogP contribution in [0.4, 0.5) is 5.82 Å². The second-order valence-electron chi connectivity index (χ2n) is 6.23. The van der Waals surface area contributed by atoms with E-state index in [1.54, 1.807) is 16.4 Å². The van der Waals surface area contributed by atoms with Crippen LogP contribution in [0.5, 0.6) is 0 Å². The molecule has 3 rings (SSSR count). The fourth-order valence-corrected chi connectivity index (χ4v) is 4.42. The second-order valence-corrected chi connectivity index (χ2v) is 8.17. The molecule has 7 heteroatoms. The van der Waals surface area contributed by atoms with Crippen LogP contribution in [0.1, 0.15) is 38.2 Å². The molecule has 0 atom stereocenters. The number of hydrazone groups is 1. The van der Waals surface area contributed by atoms with Crippen molar-refractivity contribution in [2.45, 2.75) is 37.5 Å². The van der Waals surface area contributed by atoms with Crippen LogP contribution in [0.3, 0.4) is 0 Å². The Morgan fingerprint density at radius 2 is 1.85 bits per heavy atom. The highest BCUT2D eigenvalue weighted by atomic mass is 32.2. The van der Waals surface area contributed by atoms with E-state index in [0.717, 1.165) is 37.0 Å². The molecule has 0 aliphatic carbocycles. The van der Waals surface area contributed by atoms with E-state index in [1.165, 1.54) is 6.20 Å². The predicted octanol–water partition coefficient (Wildman–Crippen LogP) is 3.48. The number of rotatable bonds is 6. The largest absolute Gasteiger partial charge is 0.261 e.